The first-order valence-electron chi connectivity index (χ1n) is 5.92. The predicted molar refractivity (Wildman–Crippen MR) is 57.6 cm³/mol. The Labute approximate surface area is 90.6 Å². The highest BCUT2D eigenvalue weighted by Crippen LogP contribution is 2.30. The number of nitrogens with one attached hydrogen (secondary N) is 1. The van der Waals surface area contributed by atoms with E-state index in [1.807, 2.05) is 0 Å². The average molecular weight is 212 g/mol. The summed E-state index contributed by atoms with van der Waals surface area (Å²) in [5.41, 5.74) is 0. The Bertz CT molecular complexity index is 245. The molecule has 2 rings (SSSR count). The molecule has 0 amide bonds. The second kappa shape index (κ2) is 4.49. The van der Waals surface area contributed by atoms with Gasteiger partial charge in [-0.15, -0.1) is 0 Å². The van der Waals surface area contributed by atoms with Crippen molar-refractivity contribution in [2.75, 3.05) is 13.1 Å². The molecule has 2 N–H and O–H groups in total. The zero-order valence-electron chi connectivity index (χ0n) is 9.28. The predicted octanol–water partition coefficient (Wildman–Crippen LogP) is 0.881. The topological polar surface area (TPSA) is 52.6 Å². The van der Waals surface area contributed by atoms with Gasteiger partial charge in [0.25, 0.3) is 0 Å². The van der Waals surface area contributed by atoms with E-state index in [2.05, 4.69) is 17.1 Å². The minimum Gasteiger partial charge on any atom is -0.481 e. The van der Waals surface area contributed by atoms with Crippen LogP contribution in [-0.2, 0) is 4.79 Å². The van der Waals surface area contributed by atoms with Crippen LogP contribution >= 0.6 is 0 Å². The van der Waals surface area contributed by atoms with E-state index in [0.717, 1.165) is 32.4 Å². The maximum atomic E-state index is 11.2. The van der Waals surface area contributed by atoms with Gasteiger partial charge in [-0.3, -0.25) is 9.69 Å². The summed E-state index contributed by atoms with van der Waals surface area (Å²) < 4.78 is 0. The Balaban J connectivity index is 2.06. The molecule has 2 aliphatic rings. The van der Waals surface area contributed by atoms with Crippen molar-refractivity contribution in [2.24, 2.45) is 5.92 Å². The maximum absolute atomic E-state index is 11.2. The molecule has 15 heavy (non-hydrogen) atoms. The Morgan fingerprint density at radius 3 is 2.73 bits per heavy atom. The molecule has 4 nitrogen and oxygen atoms in total. The molecule has 4 heteroatoms. The standard InChI is InChI=1S/C11H20N2O2/c1-8-12-6-7-13(8)10-5-3-2-4-9(10)11(14)15/h8-10,12H,2-7H2,1H3,(H,14,15). The third kappa shape index (κ3) is 2.16. The summed E-state index contributed by atoms with van der Waals surface area (Å²) in [6.07, 6.45) is 4.49. The van der Waals surface area contributed by atoms with Crippen LogP contribution < -0.4 is 5.32 Å². The third-order valence-corrected chi connectivity index (χ3v) is 3.78. The highest BCUT2D eigenvalue weighted by Gasteiger charge is 2.37. The van der Waals surface area contributed by atoms with Gasteiger partial charge < -0.3 is 10.4 Å². The van der Waals surface area contributed by atoms with E-state index in [-0.39, 0.29) is 12.0 Å². The Hall–Kier alpha value is -0.610. The molecule has 1 heterocycles. The van der Waals surface area contributed by atoms with Crippen molar-refractivity contribution in [3.8, 4) is 0 Å². The summed E-state index contributed by atoms with van der Waals surface area (Å²) in [4.78, 5) is 13.5. The molecule has 0 aromatic carbocycles. The van der Waals surface area contributed by atoms with Crippen molar-refractivity contribution in [1.82, 2.24) is 10.2 Å². The van der Waals surface area contributed by atoms with Crippen LogP contribution in [0.3, 0.4) is 0 Å². The summed E-state index contributed by atoms with van der Waals surface area (Å²) in [5.74, 6) is -0.764. The van der Waals surface area contributed by atoms with Gasteiger partial charge >= 0.3 is 5.97 Å². The maximum Gasteiger partial charge on any atom is 0.308 e. The molecule has 0 aromatic rings. The molecule has 0 spiro atoms. The van der Waals surface area contributed by atoms with E-state index in [0.29, 0.717) is 6.17 Å². The summed E-state index contributed by atoms with van der Waals surface area (Å²) in [5, 5.41) is 12.6. The largest absolute Gasteiger partial charge is 0.481 e. The third-order valence-electron chi connectivity index (χ3n) is 3.78. The molecule has 0 bridgehead atoms. The van der Waals surface area contributed by atoms with Crippen molar-refractivity contribution < 1.29 is 9.90 Å². The number of nitrogens with zero attached hydrogens (tertiary/aromatic N) is 1. The van der Waals surface area contributed by atoms with Crippen molar-refractivity contribution in [3.05, 3.63) is 0 Å². The van der Waals surface area contributed by atoms with Gasteiger partial charge in [0.2, 0.25) is 0 Å². The van der Waals surface area contributed by atoms with Crippen LogP contribution in [0.5, 0.6) is 0 Å². The number of hydrogen-bond donors (Lipinski definition) is 2. The number of carboxylic acids is 1. The molecule has 0 radical (unpaired) electrons. The summed E-state index contributed by atoms with van der Waals surface area (Å²) >= 11 is 0. The monoisotopic (exact) mass is 212 g/mol. The van der Waals surface area contributed by atoms with Crippen molar-refractivity contribution in [2.45, 2.75) is 44.8 Å². The average Bonchev–Trinajstić information content (AvgIpc) is 2.64. The van der Waals surface area contributed by atoms with Crippen LogP contribution in [0.4, 0.5) is 0 Å². The number of carbonyl (C=O) groups is 1. The number of hydrogen-bond acceptors (Lipinski definition) is 3. The van der Waals surface area contributed by atoms with E-state index in [1.54, 1.807) is 0 Å². The summed E-state index contributed by atoms with van der Waals surface area (Å²) in [6.45, 7) is 4.11. The lowest BCUT2D eigenvalue weighted by Gasteiger charge is -2.37. The van der Waals surface area contributed by atoms with Gasteiger partial charge in [0.1, 0.15) is 0 Å². The molecule has 1 saturated heterocycles. The van der Waals surface area contributed by atoms with Gasteiger partial charge in [0, 0.05) is 19.1 Å². The van der Waals surface area contributed by atoms with E-state index in [9.17, 15) is 9.90 Å². The van der Waals surface area contributed by atoms with Crippen LogP contribution in [0.25, 0.3) is 0 Å². The number of rotatable bonds is 2. The van der Waals surface area contributed by atoms with E-state index < -0.39 is 5.97 Å². The summed E-state index contributed by atoms with van der Waals surface area (Å²) in [7, 11) is 0. The lowest BCUT2D eigenvalue weighted by molar-refractivity contribution is -0.145. The molecular weight excluding hydrogens is 192 g/mol. The number of aliphatic carboxylic acids is 1. The molecule has 3 unspecified atom stereocenters. The van der Waals surface area contributed by atoms with E-state index in [4.69, 9.17) is 0 Å². The van der Waals surface area contributed by atoms with Gasteiger partial charge in [-0.05, 0) is 19.8 Å². The van der Waals surface area contributed by atoms with Gasteiger partial charge in [-0.1, -0.05) is 12.8 Å². The van der Waals surface area contributed by atoms with Gasteiger partial charge in [-0.25, -0.2) is 0 Å². The second-order valence-electron chi connectivity index (χ2n) is 4.66. The Kier molecular flexibility index (Phi) is 3.26. The van der Waals surface area contributed by atoms with Crippen molar-refractivity contribution in [3.63, 3.8) is 0 Å². The van der Waals surface area contributed by atoms with Crippen LogP contribution in [0.1, 0.15) is 32.6 Å². The molecule has 3 atom stereocenters. The zero-order chi connectivity index (χ0) is 10.8. The molecule has 2 fully saturated rings. The van der Waals surface area contributed by atoms with Crippen LogP contribution in [0, 0.1) is 5.92 Å². The lowest BCUT2D eigenvalue weighted by Crippen LogP contribution is -2.48. The fourth-order valence-electron chi connectivity index (χ4n) is 2.96. The first kappa shape index (κ1) is 10.9. The smallest absolute Gasteiger partial charge is 0.308 e. The van der Waals surface area contributed by atoms with Crippen LogP contribution in [0.15, 0.2) is 0 Å². The van der Waals surface area contributed by atoms with Gasteiger partial charge in [0.05, 0.1) is 12.1 Å². The quantitative estimate of drug-likeness (QED) is 0.713. The van der Waals surface area contributed by atoms with Crippen LogP contribution in [0.2, 0.25) is 0 Å². The first-order valence-corrected chi connectivity index (χ1v) is 5.92. The highest BCUT2D eigenvalue weighted by molar-refractivity contribution is 5.71. The van der Waals surface area contributed by atoms with Crippen molar-refractivity contribution in [1.29, 1.82) is 0 Å². The number of carboxylic acid groups (broad SMARTS) is 1. The van der Waals surface area contributed by atoms with Gasteiger partial charge in [0.15, 0.2) is 0 Å². The van der Waals surface area contributed by atoms with E-state index >= 15 is 0 Å². The molecule has 86 valence electrons. The Morgan fingerprint density at radius 2 is 2.13 bits per heavy atom. The first-order chi connectivity index (χ1) is 7.20. The van der Waals surface area contributed by atoms with E-state index in [1.165, 1.54) is 6.42 Å². The fourth-order valence-corrected chi connectivity index (χ4v) is 2.96. The minimum absolute atomic E-state index is 0.152. The zero-order valence-corrected chi connectivity index (χ0v) is 9.28. The van der Waals surface area contributed by atoms with Crippen molar-refractivity contribution >= 4 is 5.97 Å². The second-order valence-corrected chi connectivity index (χ2v) is 4.66. The molecule has 1 aliphatic heterocycles. The lowest BCUT2D eigenvalue weighted by atomic mass is 9.83. The fraction of sp³-hybridized carbons (Fsp3) is 0.909. The van der Waals surface area contributed by atoms with Gasteiger partial charge in [-0.2, -0.15) is 0 Å². The minimum atomic E-state index is -0.612. The Morgan fingerprint density at radius 1 is 1.40 bits per heavy atom. The van der Waals surface area contributed by atoms with Crippen LogP contribution in [-0.4, -0.2) is 41.3 Å². The molecule has 1 aliphatic carbocycles. The molecular formula is C11H20N2O2. The normalized spacial score (nSPS) is 38.1. The molecule has 1 saturated carbocycles. The summed E-state index contributed by atoms with van der Waals surface area (Å²) in [6, 6.07) is 0.251. The SMILES string of the molecule is CC1NCCN1C1CCCCC1C(=O)O. The molecule has 0 aromatic heterocycles. The highest BCUT2D eigenvalue weighted by atomic mass is 16.4.